The van der Waals surface area contributed by atoms with Crippen molar-refractivity contribution >= 4 is 25.4 Å². The molecular formula is C25H34N2O5S2. The summed E-state index contributed by atoms with van der Waals surface area (Å²) in [6.45, 7) is 8.23. The van der Waals surface area contributed by atoms with E-state index in [1.54, 1.807) is 6.07 Å². The summed E-state index contributed by atoms with van der Waals surface area (Å²) in [5, 5.41) is 0. The number of hydrogen-bond acceptors (Lipinski definition) is 6. The van der Waals surface area contributed by atoms with Crippen LogP contribution in [-0.4, -0.2) is 45.2 Å². The van der Waals surface area contributed by atoms with Gasteiger partial charge in [0, 0.05) is 18.7 Å². The maximum Gasteiger partial charge on any atom is 0.264 e. The Balaban J connectivity index is 1.65. The molecule has 1 saturated carbocycles. The third-order valence-electron chi connectivity index (χ3n) is 6.65. The third-order valence-corrected chi connectivity index (χ3v) is 9.60. The summed E-state index contributed by atoms with van der Waals surface area (Å²) in [5.41, 5.74) is 1.71. The smallest absolute Gasteiger partial charge is 0.264 e. The molecule has 0 amide bonds. The minimum atomic E-state index is -3.95. The van der Waals surface area contributed by atoms with Crippen molar-refractivity contribution in [3.05, 3.63) is 48.0 Å². The first-order valence-electron chi connectivity index (χ1n) is 11.7. The Labute approximate surface area is 203 Å². The second kappa shape index (κ2) is 9.51. The van der Waals surface area contributed by atoms with Crippen LogP contribution in [0.25, 0.3) is 0 Å². The fourth-order valence-electron chi connectivity index (χ4n) is 4.56. The van der Waals surface area contributed by atoms with Crippen molar-refractivity contribution < 1.29 is 22.1 Å². The second-order valence-corrected chi connectivity index (χ2v) is 13.7. The molecule has 1 aliphatic carbocycles. The van der Waals surface area contributed by atoms with E-state index in [-0.39, 0.29) is 15.7 Å². The van der Waals surface area contributed by atoms with Crippen LogP contribution >= 0.6 is 0 Å². The number of nitrogens with one attached hydrogen (secondary N) is 1. The molecule has 0 aromatic heterocycles. The largest absolute Gasteiger partial charge is 0.492 e. The SMILES string of the molecule is CCc1ccc(N(CC(C)C)S(=O)(=O)c2ccc(OC[C@@H]3[C@@H]4COC[C@@H]43)c(S(C)(=N)=O)c2)cc1. The van der Waals surface area contributed by atoms with Gasteiger partial charge in [0.05, 0.1) is 45.0 Å². The van der Waals surface area contributed by atoms with Crippen LogP contribution < -0.4 is 9.04 Å². The van der Waals surface area contributed by atoms with Crippen LogP contribution in [0, 0.1) is 28.5 Å². The van der Waals surface area contributed by atoms with E-state index in [0.29, 0.717) is 42.3 Å². The number of anilines is 1. The summed E-state index contributed by atoms with van der Waals surface area (Å²) in [4.78, 5) is 0.120. The standard InChI is InChI=1S/C25H34N2O5S2/c1-5-18-6-8-19(9-7-18)27(13-17(2)3)34(29,30)20-10-11-24(25(12-20)33(4,26)28)32-16-23-21-14-31-15-22(21)23/h6-12,17,21-23,26H,5,13-16H2,1-4H3/t21-,22+,23-,33?. The highest BCUT2D eigenvalue weighted by Gasteiger charge is 2.54. The maximum atomic E-state index is 13.7. The first-order chi connectivity index (χ1) is 16.0. The summed E-state index contributed by atoms with van der Waals surface area (Å²) < 4.78 is 61.2. The molecule has 4 rings (SSSR count). The molecule has 2 aromatic carbocycles. The summed E-state index contributed by atoms with van der Waals surface area (Å²) in [7, 11) is -7.16. The van der Waals surface area contributed by atoms with Gasteiger partial charge in [-0.3, -0.25) is 4.31 Å². The molecule has 9 heteroatoms. The Kier molecular flexibility index (Phi) is 6.99. The molecule has 1 unspecified atom stereocenters. The highest BCUT2D eigenvalue weighted by atomic mass is 32.2. The zero-order chi connectivity index (χ0) is 24.7. The highest BCUT2D eigenvalue weighted by molar-refractivity contribution is 7.93. The van der Waals surface area contributed by atoms with Crippen molar-refractivity contribution in [2.75, 3.05) is 36.9 Å². The fourth-order valence-corrected chi connectivity index (χ4v) is 7.16. The summed E-state index contributed by atoms with van der Waals surface area (Å²) >= 11 is 0. The van der Waals surface area contributed by atoms with Gasteiger partial charge in [0.1, 0.15) is 5.75 Å². The van der Waals surface area contributed by atoms with Crippen LogP contribution in [0.3, 0.4) is 0 Å². The molecule has 4 atom stereocenters. The predicted molar refractivity (Wildman–Crippen MR) is 133 cm³/mol. The first-order valence-corrected chi connectivity index (χ1v) is 15.1. The molecule has 1 aliphatic heterocycles. The van der Waals surface area contributed by atoms with E-state index in [9.17, 15) is 12.6 Å². The number of benzene rings is 2. The van der Waals surface area contributed by atoms with Gasteiger partial charge in [-0.05, 0) is 60.1 Å². The van der Waals surface area contributed by atoms with E-state index in [4.69, 9.17) is 14.3 Å². The predicted octanol–water partition coefficient (Wildman–Crippen LogP) is 4.41. The van der Waals surface area contributed by atoms with E-state index in [0.717, 1.165) is 25.2 Å². The van der Waals surface area contributed by atoms with E-state index >= 15 is 0 Å². The van der Waals surface area contributed by atoms with Crippen molar-refractivity contribution in [2.24, 2.45) is 23.7 Å². The van der Waals surface area contributed by atoms with Gasteiger partial charge in [-0.25, -0.2) is 17.4 Å². The van der Waals surface area contributed by atoms with Crippen molar-refractivity contribution in [3.8, 4) is 5.75 Å². The number of aryl methyl sites for hydroxylation is 1. The average molecular weight is 507 g/mol. The monoisotopic (exact) mass is 506 g/mol. The van der Waals surface area contributed by atoms with Crippen LogP contribution in [0.1, 0.15) is 26.3 Å². The molecule has 34 heavy (non-hydrogen) atoms. The minimum absolute atomic E-state index is 0.00795. The Morgan fingerprint density at radius 3 is 2.29 bits per heavy atom. The third kappa shape index (κ3) is 5.11. The van der Waals surface area contributed by atoms with Gasteiger partial charge in [-0.15, -0.1) is 0 Å². The van der Waals surface area contributed by atoms with Gasteiger partial charge < -0.3 is 9.47 Å². The van der Waals surface area contributed by atoms with Crippen LogP contribution in [0.5, 0.6) is 5.75 Å². The molecule has 0 bridgehead atoms. The van der Waals surface area contributed by atoms with Gasteiger partial charge in [0.15, 0.2) is 0 Å². The van der Waals surface area contributed by atoms with Crippen molar-refractivity contribution in [1.82, 2.24) is 0 Å². The molecule has 1 heterocycles. The lowest BCUT2D eigenvalue weighted by Gasteiger charge is -2.27. The molecule has 7 nitrogen and oxygen atoms in total. The molecule has 0 spiro atoms. The quantitative estimate of drug-likeness (QED) is 0.515. The molecule has 1 saturated heterocycles. The van der Waals surface area contributed by atoms with E-state index in [1.165, 1.54) is 22.7 Å². The number of ether oxygens (including phenoxy) is 2. The average Bonchev–Trinajstić information content (AvgIpc) is 3.21. The van der Waals surface area contributed by atoms with Gasteiger partial charge in [-0.2, -0.15) is 0 Å². The number of rotatable bonds is 10. The van der Waals surface area contributed by atoms with Gasteiger partial charge in [0.25, 0.3) is 10.0 Å². The van der Waals surface area contributed by atoms with Gasteiger partial charge in [-0.1, -0.05) is 32.9 Å². The molecule has 2 aromatic rings. The summed E-state index contributed by atoms with van der Waals surface area (Å²) in [5.74, 6) is 1.82. The lowest BCUT2D eigenvalue weighted by Crippen LogP contribution is -2.34. The number of nitrogens with zero attached hydrogens (tertiary/aromatic N) is 1. The molecule has 1 N–H and O–H groups in total. The number of hydrogen-bond donors (Lipinski definition) is 1. The second-order valence-electron chi connectivity index (χ2n) is 9.74. The van der Waals surface area contributed by atoms with Crippen LogP contribution in [-0.2, 0) is 30.9 Å². The normalized spacial score (nSPS) is 23.4. The Bertz CT molecular complexity index is 1230. The van der Waals surface area contributed by atoms with Crippen LogP contribution in [0.4, 0.5) is 5.69 Å². The Morgan fingerprint density at radius 2 is 1.74 bits per heavy atom. The maximum absolute atomic E-state index is 13.7. The van der Waals surface area contributed by atoms with E-state index in [1.807, 2.05) is 38.1 Å². The minimum Gasteiger partial charge on any atom is -0.492 e. The molecular weight excluding hydrogens is 472 g/mol. The Hall–Kier alpha value is -2.10. The van der Waals surface area contributed by atoms with E-state index < -0.39 is 19.8 Å². The molecule has 186 valence electrons. The van der Waals surface area contributed by atoms with Gasteiger partial charge in [0.2, 0.25) is 0 Å². The van der Waals surface area contributed by atoms with Crippen LogP contribution in [0.2, 0.25) is 0 Å². The van der Waals surface area contributed by atoms with Gasteiger partial charge >= 0.3 is 0 Å². The summed E-state index contributed by atoms with van der Waals surface area (Å²) in [6, 6.07) is 11.9. The fraction of sp³-hybridized carbons (Fsp3) is 0.520. The molecule has 2 fully saturated rings. The van der Waals surface area contributed by atoms with Crippen molar-refractivity contribution in [2.45, 2.75) is 37.0 Å². The number of fused-ring (bicyclic) bond motifs is 1. The highest BCUT2D eigenvalue weighted by Crippen LogP contribution is 2.50. The molecule has 2 aliphatic rings. The van der Waals surface area contributed by atoms with Crippen molar-refractivity contribution in [3.63, 3.8) is 0 Å². The topological polar surface area (TPSA) is 96.8 Å². The Morgan fingerprint density at radius 1 is 1.09 bits per heavy atom. The zero-order valence-electron chi connectivity index (χ0n) is 20.2. The number of sulfonamides is 1. The van der Waals surface area contributed by atoms with Crippen molar-refractivity contribution in [1.29, 1.82) is 4.78 Å². The first kappa shape index (κ1) is 25.0. The van der Waals surface area contributed by atoms with Crippen LogP contribution in [0.15, 0.2) is 52.3 Å². The van der Waals surface area contributed by atoms with E-state index in [2.05, 4.69) is 6.92 Å². The lowest BCUT2D eigenvalue weighted by molar-refractivity contribution is 0.136. The zero-order valence-corrected chi connectivity index (χ0v) is 21.8. The summed E-state index contributed by atoms with van der Waals surface area (Å²) in [6.07, 6.45) is 2.16. The lowest BCUT2D eigenvalue weighted by atomic mass is 10.1. The molecule has 0 radical (unpaired) electrons.